The van der Waals surface area contributed by atoms with Crippen LogP contribution in [0.2, 0.25) is 0 Å². The molecule has 5 aromatic carbocycles. The zero-order valence-electron chi connectivity index (χ0n) is 20.3. The second-order valence-electron chi connectivity index (χ2n) is 8.42. The van der Waals surface area contributed by atoms with Gasteiger partial charge in [0.25, 0.3) is 0 Å². The van der Waals surface area contributed by atoms with Crippen molar-refractivity contribution in [3.8, 4) is 11.8 Å². The number of fused-ring (bicyclic) bond motifs is 1. The fourth-order valence-corrected chi connectivity index (χ4v) is 4.39. The van der Waals surface area contributed by atoms with Gasteiger partial charge in [0.05, 0.1) is 25.3 Å². The minimum absolute atomic E-state index is 0.553. The number of rotatable bonds is 6. The lowest BCUT2D eigenvalue weighted by Gasteiger charge is -2.25. The summed E-state index contributed by atoms with van der Waals surface area (Å²) in [6, 6.07) is 38.1. The van der Waals surface area contributed by atoms with Gasteiger partial charge in [0, 0.05) is 17.1 Å². The van der Waals surface area contributed by atoms with E-state index in [-0.39, 0.29) is 0 Å². The van der Waals surface area contributed by atoms with Crippen LogP contribution >= 0.6 is 0 Å². The van der Waals surface area contributed by atoms with Crippen molar-refractivity contribution in [2.75, 3.05) is 12.0 Å². The molecule has 0 saturated carbocycles. The highest BCUT2D eigenvalue weighted by atomic mass is 16.5. The van der Waals surface area contributed by atoms with Gasteiger partial charge in [0.1, 0.15) is 5.75 Å². The van der Waals surface area contributed by atoms with Gasteiger partial charge in [-0.05, 0) is 76.5 Å². The van der Waals surface area contributed by atoms with Gasteiger partial charge in [-0.2, -0.15) is 5.26 Å². The van der Waals surface area contributed by atoms with Crippen molar-refractivity contribution in [1.82, 2.24) is 0 Å². The first kappa shape index (κ1) is 23.4. The molecule has 0 aliphatic heterocycles. The summed E-state index contributed by atoms with van der Waals surface area (Å²) in [7, 11) is 1.67. The molecule has 0 radical (unpaired) electrons. The van der Waals surface area contributed by atoms with E-state index in [1.165, 1.54) is 0 Å². The van der Waals surface area contributed by atoms with E-state index < -0.39 is 0 Å². The average Bonchev–Trinajstić information content (AvgIpc) is 2.97. The molecule has 0 aliphatic carbocycles. The van der Waals surface area contributed by atoms with Crippen molar-refractivity contribution < 1.29 is 4.74 Å². The van der Waals surface area contributed by atoms with E-state index in [4.69, 9.17) is 11.3 Å². The van der Waals surface area contributed by atoms with E-state index in [1.807, 2.05) is 78.9 Å². The average molecular weight is 478 g/mol. The monoisotopic (exact) mass is 477 g/mol. The van der Waals surface area contributed by atoms with Crippen LogP contribution in [-0.4, -0.2) is 7.11 Å². The molecule has 5 aromatic rings. The Morgan fingerprint density at radius 2 is 1.41 bits per heavy atom. The van der Waals surface area contributed by atoms with Crippen molar-refractivity contribution in [3.63, 3.8) is 0 Å². The number of anilines is 3. The Morgan fingerprint density at radius 1 is 0.730 bits per heavy atom. The smallest absolute Gasteiger partial charge is 0.202 e. The van der Waals surface area contributed by atoms with Crippen LogP contribution in [-0.2, 0) is 0 Å². The van der Waals surface area contributed by atoms with Gasteiger partial charge in [-0.15, -0.1) is 0 Å². The van der Waals surface area contributed by atoms with Gasteiger partial charge < -0.3 is 9.64 Å². The van der Waals surface area contributed by atoms with Crippen molar-refractivity contribution in [2.45, 2.75) is 0 Å². The number of hydrogen-bond donors (Lipinski definition) is 0. The largest absolute Gasteiger partial charge is 0.497 e. The van der Waals surface area contributed by atoms with Gasteiger partial charge >= 0.3 is 0 Å². The molecule has 4 nitrogen and oxygen atoms in total. The predicted octanol–water partition coefficient (Wildman–Crippen LogP) is 8.91. The van der Waals surface area contributed by atoms with Crippen LogP contribution in [0.1, 0.15) is 16.7 Å². The highest BCUT2D eigenvalue weighted by Crippen LogP contribution is 2.36. The molecule has 5 rings (SSSR count). The van der Waals surface area contributed by atoms with Crippen molar-refractivity contribution in [1.29, 1.82) is 5.26 Å². The number of methoxy groups -OCH3 is 1. The molecule has 0 bridgehead atoms. The van der Waals surface area contributed by atoms with Crippen molar-refractivity contribution in [2.24, 2.45) is 0 Å². The fourth-order valence-electron chi connectivity index (χ4n) is 4.39. The predicted molar refractivity (Wildman–Crippen MR) is 152 cm³/mol. The Bertz CT molecular complexity index is 1660. The van der Waals surface area contributed by atoms with Gasteiger partial charge in [-0.25, -0.2) is 4.85 Å². The van der Waals surface area contributed by atoms with Gasteiger partial charge in [-0.1, -0.05) is 66.7 Å². The van der Waals surface area contributed by atoms with E-state index in [9.17, 15) is 5.26 Å². The quantitative estimate of drug-likeness (QED) is 0.181. The number of nitrogens with zero attached hydrogens (tertiary/aromatic N) is 3. The Hall–Kier alpha value is -5.32. The van der Waals surface area contributed by atoms with Gasteiger partial charge in [-0.3, -0.25) is 0 Å². The van der Waals surface area contributed by atoms with Crippen LogP contribution in [0.25, 0.3) is 27.8 Å². The zero-order valence-corrected chi connectivity index (χ0v) is 20.3. The number of nitriles is 1. The number of para-hydroxylation sites is 1. The molecule has 0 saturated heterocycles. The minimum Gasteiger partial charge on any atom is -0.497 e. The Morgan fingerprint density at radius 3 is 2.05 bits per heavy atom. The molecule has 4 heteroatoms. The van der Waals surface area contributed by atoms with Crippen LogP contribution in [0.4, 0.5) is 22.7 Å². The molecule has 0 unspecified atom stereocenters. The second kappa shape index (κ2) is 10.5. The second-order valence-corrected chi connectivity index (χ2v) is 8.42. The maximum atomic E-state index is 9.40. The third-order valence-corrected chi connectivity index (χ3v) is 6.25. The summed E-state index contributed by atoms with van der Waals surface area (Å²) in [6.07, 6.45) is 3.97. The van der Waals surface area contributed by atoms with E-state index in [1.54, 1.807) is 13.2 Å². The molecule has 0 aromatic heterocycles. The molecular formula is C33H23N3O. The molecule has 0 aliphatic rings. The molecule has 0 fully saturated rings. The lowest BCUT2D eigenvalue weighted by atomic mass is 9.99. The molecule has 0 amide bonds. The summed E-state index contributed by atoms with van der Waals surface area (Å²) in [6.45, 7) is 7.74. The summed E-state index contributed by atoms with van der Waals surface area (Å²) in [5, 5.41) is 11.0. The van der Waals surface area contributed by atoms with Crippen LogP contribution in [0.5, 0.6) is 5.75 Å². The lowest BCUT2D eigenvalue weighted by Crippen LogP contribution is -2.09. The maximum Gasteiger partial charge on any atom is 0.202 e. The van der Waals surface area contributed by atoms with Crippen molar-refractivity contribution >= 4 is 45.7 Å². The molecule has 0 spiro atoms. The van der Waals surface area contributed by atoms with E-state index in [0.717, 1.165) is 44.7 Å². The third kappa shape index (κ3) is 4.78. The molecule has 176 valence electrons. The summed E-state index contributed by atoms with van der Waals surface area (Å²) < 4.78 is 5.33. The lowest BCUT2D eigenvalue weighted by molar-refractivity contribution is 0.415. The topological polar surface area (TPSA) is 40.6 Å². The van der Waals surface area contributed by atoms with Gasteiger partial charge in [0.2, 0.25) is 5.69 Å². The zero-order chi connectivity index (χ0) is 25.6. The first-order valence-electron chi connectivity index (χ1n) is 11.8. The summed E-state index contributed by atoms with van der Waals surface area (Å²) >= 11 is 0. The summed E-state index contributed by atoms with van der Waals surface area (Å²) in [5.74, 6) is 0.813. The Labute approximate surface area is 216 Å². The number of hydrogen-bond acceptors (Lipinski definition) is 3. The standard InChI is InChI=1S/C33H23N3O/c1-35-33-25(15-22-31-26(23-34)7-6-10-32(31)33)14-11-24-12-16-28(17-13-24)36(27-8-4-3-5-9-27)29-18-20-30(37-2)21-19-29/h3-22H,2H3. The summed E-state index contributed by atoms with van der Waals surface area (Å²) in [4.78, 5) is 5.97. The molecule has 0 atom stereocenters. The molecular weight excluding hydrogens is 454 g/mol. The van der Waals surface area contributed by atoms with E-state index in [2.05, 4.69) is 52.2 Å². The highest BCUT2D eigenvalue weighted by molar-refractivity contribution is 6.01. The molecule has 0 heterocycles. The number of ether oxygens (including phenoxy) is 1. The Kier molecular flexibility index (Phi) is 6.66. The van der Waals surface area contributed by atoms with E-state index in [0.29, 0.717) is 11.3 Å². The molecule has 37 heavy (non-hydrogen) atoms. The maximum absolute atomic E-state index is 9.40. The number of benzene rings is 5. The third-order valence-electron chi connectivity index (χ3n) is 6.25. The van der Waals surface area contributed by atoms with Gasteiger partial charge in [0.15, 0.2) is 0 Å². The fraction of sp³-hybridized carbons (Fsp3) is 0.0303. The van der Waals surface area contributed by atoms with Crippen molar-refractivity contribution in [3.05, 3.63) is 137 Å². The van der Waals surface area contributed by atoms with Crippen LogP contribution in [0.15, 0.2) is 109 Å². The van der Waals surface area contributed by atoms with Crippen LogP contribution in [0.3, 0.4) is 0 Å². The van der Waals surface area contributed by atoms with E-state index >= 15 is 0 Å². The van der Waals surface area contributed by atoms with Crippen LogP contribution < -0.4 is 9.64 Å². The highest BCUT2D eigenvalue weighted by Gasteiger charge is 2.12. The SMILES string of the molecule is [C-]#[N+]c1c(C=Cc2ccc(N(c3ccccc3)c3ccc(OC)cc3)cc2)ccc2c(C#N)cccc12. The first-order chi connectivity index (χ1) is 18.2. The summed E-state index contributed by atoms with van der Waals surface area (Å²) in [5.41, 5.74) is 6.10. The Balaban J connectivity index is 1.47. The molecule has 0 N–H and O–H groups in total. The van der Waals surface area contributed by atoms with Crippen LogP contribution in [0, 0.1) is 17.9 Å². The first-order valence-corrected chi connectivity index (χ1v) is 11.8. The normalized spacial score (nSPS) is 10.7. The minimum atomic E-state index is 0.553.